The minimum Gasteiger partial charge on any atom is -0.483 e. The number of carbonyl (C=O) groups excluding carboxylic acids is 1. The lowest BCUT2D eigenvalue weighted by atomic mass is 10.2. The monoisotopic (exact) mass is 320 g/mol. The molecule has 0 bridgehead atoms. The van der Waals surface area contributed by atoms with Crippen molar-refractivity contribution in [3.8, 4) is 5.75 Å². The van der Waals surface area contributed by atoms with Crippen molar-refractivity contribution in [2.75, 3.05) is 11.9 Å². The standard InChI is InChI=1S/C15H13ClN2O2S/c16-10-4-3-5-11(8-10)18-14(19)9-20-13-7-2-1-6-12(13)15(17)21/h1-8H,9H2,(H2,17,21)(H,18,19). The Hall–Kier alpha value is -2.11. The Bertz CT molecular complexity index is 676. The summed E-state index contributed by atoms with van der Waals surface area (Å²) in [6, 6.07) is 13.9. The van der Waals surface area contributed by atoms with Crippen LogP contribution < -0.4 is 15.8 Å². The van der Waals surface area contributed by atoms with Crippen LogP contribution in [0.2, 0.25) is 5.02 Å². The predicted octanol–water partition coefficient (Wildman–Crippen LogP) is 2.99. The molecule has 3 N–H and O–H groups in total. The molecule has 0 saturated heterocycles. The Balaban J connectivity index is 1.97. The normalized spacial score (nSPS) is 9.95. The number of hydrogen-bond donors (Lipinski definition) is 2. The Kier molecular flexibility index (Phi) is 5.14. The van der Waals surface area contributed by atoms with Crippen molar-refractivity contribution in [3.63, 3.8) is 0 Å². The van der Waals surface area contributed by atoms with Crippen LogP contribution in [-0.4, -0.2) is 17.5 Å². The molecule has 0 aliphatic carbocycles. The Morgan fingerprint density at radius 3 is 2.71 bits per heavy atom. The first-order valence-electron chi connectivity index (χ1n) is 6.13. The molecule has 2 rings (SSSR count). The van der Waals surface area contributed by atoms with Gasteiger partial charge in [-0.2, -0.15) is 0 Å². The van der Waals surface area contributed by atoms with Gasteiger partial charge in [-0.15, -0.1) is 0 Å². The van der Waals surface area contributed by atoms with E-state index in [2.05, 4.69) is 5.32 Å². The number of nitrogens with two attached hydrogens (primary N) is 1. The fraction of sp³-hybridized carbons (Fsp3) is 0.0667. The van der Waals surface area contributed by atoms with Crippen LogP contribution in [0.25, 0.3) is 0 Å². The lowest BCUT2D eigenvalue weighted by Gasteiger charge is -2.10. The first-order chi connectivity index (χ1) is 10.1. The summed E-state index contributed by atoms with van der Waals surface area (Å²) in [5.74, 6) is 0.182. The number of halogens is 1. The van der Waals surface area contributed by atoms with Gasteiger partial charge in [-0.25, -0.2) is 0 Å². The van der Waals surface area contributed by atoms with Crippen molar-refractivity contribution in [2.45, 2.75) is 0 Å². The number of thiocarbonyl (C=S) groups is 1. The minimum absolute atomic E-state index is 0.147. The van der Waals surface area contributed by atoms with Crippen molar-refractivity contribution >= 4 is 40.4 Å². The number of anilines is 1. The number of carbonyl (C=O) groups is 1. The molecule has 0 unspecified atom stereocenters. The number of ether oxygens (including phenoxy) is 1. The number of benzene rings is 2. The third kappa shape index (κ3) is 4.44. The second-order valence-electron chi connectivity index (χ2n) is 4.21. The Morgan fingerprint density at radius 2 is 2.00 bits per heavy atom. The zero-order valence-electron chi connectivity index (χ0n) is 11.0. The first-order valence-corrected chi connectivity index (χ1v) is 6.92. The van der Waals surface area contributed by atoms with E-state index in [1.54, 1.807) is 48.5 Å². The van der Waals surface area contributed by atoms with Crippen LogP contribution in [0, 0.1) is 0 Å². The van der Waals surface area contributed by atoms with E-state index in [1.165, 1.54) is 0 Å². The van der Waals surface area contributed by atoms with Crippen LogP contribution in [-0.2, 0) is 4.79 Å². The summed E-state index contributed by atoms with van der Waals surface area (Å²) >= 11 is 10.8. The van der Waals surface area contributed by atoms with E-state index in [1.807, 2.05) is 0 Å². The highest BCUT2D eigenvalue weighted by Gasteiger charge is 2.08. The van der Waals surface area contributed by atoms with Crippen molar-refractivity contribution < 1.29 is 9.53 Å². The molecule has 0 atom stereocenters. The molecule has 108 valence electrons. The largest absolute Gasteiger partial charge is 0.483 e. The van der Waals surface area contributed by atoms with E-state index in [0.717, 1.165) is 0 Å². The fourth-order valence-electron chi connectivity index (χ4n) is 1.70. The third-order valence-electron chi connectivity index (χ3n) is 2.62. The topological polar surface area (TPSA) is 64.3 Å². The zero-order valence-corrected chi connectivity index (χ0v) is 12.6. The smallest absolute Gasteiger partial charge is 0.262 e. The minimum atomic E-state index is -0.296. The molecule has 0 heterocycles. The van der Waals surface area contributed by atoms with Gasteiger partial charge in [-0.05, 0) is 30.3 Å². The van der Waals surface area contributed by atoms with Crippen molar-refractivity contribution in [2.24, 2.45) is 5.73 Å². The summed E-state index contributed by atoms with van der Waals surface area (Å²) in [6.07, 6.45) is 0. The van der Waals surface area contributed by atoms with E-state index < -0.39 is 0 Å². The summed E-state index contributed by atoms with van der Waals surface area (Å²) in [5.41, 5.74) is 6.81. The SMILES string of the molecule is NC(=S)c1ccccc1OCC(=O)Nc1cccc(Cl)c1. The summed E-state index contributed by atoms with van der Waals surface area (Å²) in [6.45, 7) is -0.147. The molecule has 0 aliphatic heterocycles. The highest BCUT2D eigenvalue weighted by Crippen LogP contribution is 2.18. The van der Waals surface area contributed by atoms with Gasteiger partial charge >= 0.3 is 0 Å². The van der Waals surface area contributed by atoms with Gasteiger partial charge in [-0.1, -0.05) is 42.0 Å². The summed E-state index contributed by atoms with van der Waals surface area (Å²) < 4.78 is 5.45. The van der Waals surface area contributed by atoms with E-state index in [9.17, 15) is 4.79 Å². The van der Waals surface area contributed by atoms with Gasteiger partial charge in [0.25, 0.3) is 5.91 Å². The summed E-state index contributed by atoms with van der Waals surface area (Å²) in [7, 11) is 0. The molecule has 21 heavy (non-hydrogen) atoms. The van der Waals surface area contributed by atoms with Crippen LogP contribution in [0.4, 0.5) is 5.69 Å². The summed E-state index contributed by atoms with van der Waals surface area (Å²) in [5, 5.41) is 3.24. The van der Waals surface area contributed by atoms with Gasteiger partial charge in [0.2, 0.25) is 0 Å². The van der Waals surface area contributed by atoms with Gasteiger partial charge in [-0.3, -0.25) is 4.79 Å². The quantitative estimate of drug-likeness (QED) is 0.831. The van der Waals surface area contributed by atoms with E-state index in [0.29, 0.717) is 22.0 Å². The van der Waals surface area contributed by atoms with Crippen LogP contribution in [0.1, 0.15) is 5.56 Å². The molecule has 0 saturated carbocycles. The predicted molar refractivity (Wildman–Crippen MR) is 87.9 cm³/mol. The van der Waals surface area contributed by atoms with Crippen LogP contribution in [0.15, 0.2) is 48.5 Å². The second kappa shape index (κ2) is 7.06. The average Bonchev–Trinajstić information content (AvgIpc) is 2.45. The Labute approximate surface area is 132 Å². The van der Waals surface area contributed by atoms with Gasteiger partial charge in [0.05, 0.1) is 5.56 Å². The average molecular weight is 321 g/mol. The molecule has 1 amide bonds. The maximum absolute atomic E-state index is 11.8. The fourth-order valence-corrected chi connectivity index (χ4v) is 2.06. The first kappa shape index (κ1) is 15.3. The molecule has 6 heteroatoms. The number of rotatable bonds is 5. The molecule has 4 nitrogen and oxygen atoms in total. The van der Waals surface area contributed by atoms with Crippen molar-refractivity contribution in [1.29, 1.82) is 0 Å². The molecule has 2 aromatic rings. The van der Waals surface area contributed by atoms with Crippen LogP contribution >= 0.6 is 23.8 Å². The van der Waals surface area contributed by atoms with Crippen LogP contribution in [0.3, 0.4) is 0 Å². The lowest BCUT2D eigenvalue weighted by molar-refractivity contribution is -0.118. The lowest BCUT2D eigenvalue weighted by Crippen LogP contribution is -2.21. The number of para-hydroxylation sites is 1. The van der Waals surface area contributed by atoms with Gasteiger partial charge in [0, 0.05) is 10.7 Å². The van der Waals surface area contributed by atoms with E-state index in [4.69, 9.17) is 34.3 Å². The summed E-state index contributed by atoms with van der Waals surface area (Å²) in [4.78, 5) is 12.1. The van der Waals surface area contributed by atoms with E-state index >= 15 is 0 Å². The maximum Gasteiger partial charge on any atom is 0.262 e. The molecule has 0 aliphatic rings. The van der Waals surface area contributed by atoms with Crippen molar-refractivity contribution in [3.05, 3.63) is 59.1 Å². The molecule has 2 aromatic carbocycles. The molecule has 0 aromatic heterocycles. The second-order valence-corrected chi connectivity index (χ2v) is 5.08. The highest BCUT2D eigenvalue weighted by molar-refractivity contribution is 7.80. The van der Waals surface area contributed by atoms with Crippen LogP contribution in [0.5, 0.6) is 5.75 Å². The van der Waals surface area contributed by atoms with Gasteiger partial charge < -0.3 is 15.8 Å². The zero-order chi connectivity index (χ0) is 15.2. The molecular formula is C15H13ClN2O2S. The van der Waals surface area contributed by atoms with E-state index in [-0.39, 0.29) is 17.5 Å². The van der Waals surface area contributed by atoms with Gasteiger partial charge in [0.1, 0.15) is 10.7 Å². The third-order valence-corrected chi connectivity index (χ3v) is 3.07. The molecule has 0 radical (unpaired) electrons. The molecular weight excluding hydrogens is 308 g/mol. The highest BCUT2D eigenvalue weighted by atomic mass is 35.5. The number of hydrogen-bond acceptors (Lipinski definition) is 3. The number of amides is 1. The maximum atomic E-state index is 11.8. The van der Waals surface area contributed by atoms with Gasteiger partial charge in [0.15, 0.2) is 6.61 Å². The Morgan fingerprint density at radius 1 is 1.24 bits per heavy atom. The number of nitrogens with one attached hydrogen (secondary N) is 1. The van der Waals surface area contributed by atoms with Crippen molar-refractivity contribution in [1.82, 2.24) is 0 Å². The molecule has 0 fully saturated rings. The molecule has 0 spiro atoms.